The number of carbonyl (C=O) groups is 1. The SMILES string of the molecule is Nc1nccc2c(-c3ccc4nn(CC5CNC5)c(COc5ccccc5CC(=O)O)c4c3)cccc12. The Morgan fingerprint density at radius 1 is 1.05 bits per heavy atom. The quantitative estimate of drug-likeness (QED) is 0.296. The molecule has 0 unspecified atom stereocenters. The smallest absolute Gasteiger partial charge is 0.307 e. The number of nitrogen functional groups attached to an aromatic ring is 1. The minimum atomic E-state index is -0.889. The van der Waals surface area contributed by atoms with Gasteiger partial charge in [0.2, 0.25) is 0 Å². The highest BCUT2D eigenvalue weighted by molar-refractivity contribution is 6.02. The van der Waals surface area contributed by atoms with Crippen molar-refractivity contribution in [2.75, 3.05) is 18.8 Å². The molecule has 1 aliphatic heterocycles. The standard InChI is InChI=1S/C29H27N5O3/c30-29-23-6-3-5-21(22(23)10-11-32-29)19-8-9-25-24(12-19)26(34(33-25)16-18-14-31-15-18)17-37-27-7-2-1-4-20(27)13-28(35)36/h1-12,18,31H,13-17H2,(H2,30,32)(H,35,36). The summed E-state index contributed by atoms with van der Waals surface area (Å²) < 4.78 is 8.28. The third kappa shape index (κ3) is 4.47. The Labute approximate surface area is 213 Å². The van der Waals surface area contributed by atoms with Crippen LogP contribution in [0.2, 0.25) is 0 Å². The van der Waals surface area contributed by atoms with Crippen molar-refractivity contribution >= 4 is 33.5 Å². The van der Waals surface area contributed by atoms with Gasteiger partial charge in [-0.1, -0.05) is 42.5 Å². The molecule has 0 radical (unpaired) electrons. The zero-order chi connectivity index (χ0) is 25.4. The molecule has 6 rings (SSSR count). The van der Waals surface area contributed by atoms with Crippen LogP contribution in [-0.2, 0) is 24.4 Å². The van der Waals surface area contributed by atoms with E-state index in [0.717, 1.165) is 58.1 Å². The molecule has 186 valence electrons. The van der Waals surface area contributed by atoms with Crippen LogP contribution in [0, 0.1) is 5.92 Å². The normalized spacial score (nSPS) is 13.6. The molecule has 0 spiro atoms. The van der Waals surface area contributed by atoms with Crippen LogP contribution in [0.3, 0.4) is 0 Å². The van der Waals surface area contributed by atoms with Crippen molar-refractivity contribution in [1.29, 1.82) is 0 Å². The topological polar surface area (TPSA) is 115 Å². The van der Waals surface area contributed by atoms with Gasteiger partial charge in [-0.15, -0.1) is 0 Å². The van der Waals surface area contributed by atoms with E-state index in [4.69, 9.17) is 15.6 Å². The van der Waals surface area contributed by atoms with Gasteiger partial charge in [0.1, 0.15) is 18.2 Å². The van der Waals surface area contributed by atoms with Crippen LogP contribution in [0.5, 0.6) is 5.75 Å². The van der Waals surface area contributed by atoms with E-state index in [-0.39, 0.29) is 13.0 Å². The summed E-state index contributed by atoms with van der Waals surface area (Å²) in [6.45, 7) is 3.01. The third-order valence-corrected chi connectivity index (χ3v) is 6.97. The number of nitrogens with two attached hydrogens (primary N) is 1. The number of hydrogen-bond acceptors (Lipinski definition) is 6. The number of aromatic nitrogens is 3. The van der Waals surface area contributed by atoms with Crippen LogP contribution in [-0.4, -0.2) is 38.9 Å². The highest BCUT2D eigenvalue weighted by Crippen LogP contribution is 2.33. The molecule has 0 bridgehead atoms. The molecule has 4 N–H and O–H groups in total. The molecular weight excluding hydrogens is 466 g/mol. The Morgan fingerprint density at radius 2 is 1.92 bits per heavy atom. The van der Waals surface area contributed by atoms with Crippen LogP contribution in [0.4, 0.5) is 5.82 Å². The van der Waals surface area contributed by atoms with Gasteiger partial charge in [0.15, 0.2) is 0 Å². The summed E-state index contributed by atoms with van der Waals surface area (Å²) >= 11 is 0. The highest BCUT2D eigenvalue weighted by Gasteiger charge is 2.22. The van der Waals surface area contributed by atoms with Crippen molar-refractivity contribution in [3.05, 3.63) is 84.2 Å². The predicted molar refractivity (Wildman–Crippen MR) is 143 cm³/mol. The fraction of sp³-hybridized carbons (Fsp3) is 0.207. The Kier molecular flexibility index (Phi) is 5.94. The Bertz CT molecular complexity index is 1620. The van der Waals surface area contributed by atoms with Crippen LogP contribution in [0.15, 0.2) is 72.9 Å². The van der Waals surface area contributed by atoms with E-state index in [0.29, 0.717) is 23.0 Å². The molecule has 8 nitrogen and oxygen atoms in total. The molecule has 2 aromatic heterocycles. The summed E-state index contributed by atoms with van der Waals surface area (Å²) in [5.41, 5.74) is 10.8. The largest absolute Gasteiger partial charge is 0.487 e. The van der Waals surface area contributed by atoms with Crippen molar-refractivity contribution in [2.24, 2.45) is 5.92 Å². The van der Waals surface area contributed by atoms with Crippen molar-refractivity contribution in [3.8, 4) is 16.9 Å². The number of carboxylic acid groups (broad SMARTS) is 1. The molecule has 1 saturated heterocycles. The van der Waals surface area contributed by atoms with Crippen molar-refractivity contribution < 1.29 is 14.6 Å². The first-order valence-corrected chi connectivity index (χ1v) is 12.3. The first kappa shape index (κ1) is 23.0. The molecule has 0 amide bonds. The lowest BCUT2D eigenvalue weighted by Gasteiger charge is -2.27. The van der Waals surface area contributed by atoms with E-state index in [2.05, 4.69) is 28.5 Å². The Hall–Kier alpha value is -4.43. The van der Waals surface area contributed by atoms with Gasteiger partial charge in [0.05, 0.1) is 17.6 Å². The summed E-state index contributed by atoms with van der Waals surface area (Å²) in [5, 5.41) is 20.5. The minimum Gasteiger partial charge on any atom is -0.487 e. The second-order valence-corrected chi connectivity index (χ2v) is 9.45. The number of benzene rings is 3. The summed E-state index contributed by atoms with van der Waals surface area (Å²) in [6, 6.07) is 21.6. The fourth-order valence-corrected chi connectivity index (χ4v) is 4.96. The second kappa shape index (κ2) is 9.55. The van der Waals surface area contributed by atoms with Crippen molar-refractivity contribution in [1.82, 2.24) is 20.1 Å². The first-order chi connectivity index (χ1) is 18.1. The number of nitrogens with zero attached hydrogens (tertiary/aromatic N) is 3. The zero-order valence-corrected chi connectivity index (χ0v) is 20.2. The maximum absolute atomic E-state index is 11.3. The van der Waals surface area contributed by atoms with Crippen molar-refractivity contribution in [3.63, 3.8) is 0 Å². The minimum absolute atomic E-state index is 0.0901. The van der Waals surface area contributed by atoms with E-state index >= 15 is 0 Å². The Morgan fingerprint density at radius 3 is 2.73 bits per heavy atom. The van der Waals surface area contributed by atoms with Gasteiger partial charge in [0, 0.05) is 48.1 Å². The number of para-hydroxylation sites is 1. The number of fused-ring (bicyclic) bond motifs is 2. The van der Waals surface area contributed by atoms with Crippen LogP contribution >= 0.6 is 0 Å². The predicted octanol–water partition coefficient (Wildman–Crippen LogP) is 4.26. The maximum Gasteiger partial charge on any atom is 0.307 e. The van der Waals surface area contributed by atoms with Gasteiger partial charge in [-0.2, -0.15) is 5.10 Å². The summed E-state index contributed by atoms with van der Waals surface area (Å²) in [7, 11) is 0. The molecule has 3 aromatic carbocycles. The van der Waals surface area contributed by atoms with Crippen LogP contribution < -0.4 is 15.8 Å². The molecule has 1 aliphatic rings. The molecule has 8 heteroatoms. The third-order valence-electron chi connectivity index (χ3n) is 6.97. The highest BCUT2D eigenvalue weighted by atomic mass is 16.5. The average molecular weight is 494 g/mol. The van der Waals surface area contributed by atoms with Gasteiger partial charge in [-0.25, -0.2) is 4.98 Å². The number of carboxylic acids is 1. The molecule has 0 aliphatic carbocycles. The molecular formula is C29H27N5O3. The molecule has 5 aromatic rings. The number of aliphatic carboxylic acids is 1. The maximum atomic E-state index is 11.3. The number of hydrogen-bond donors (Lipinski definition) is 3. The lowest BCUT2D eigenvalue weighted by atomic mass is 9.97. The van der Waals surface area contributed by atoms with E-state index in [1.54, 1.807) is 12.3 Å². The van der Waals surface area contributed by atoms with Gasteiger partial charge < -0.3 is 20.9 Å². The van der Waals surface area contributed by atoms with Gasteiger partial charge >= 0.3 is 5.97 Å². The van der Waals surface area contributed by atoms with E-state index in [1.165, 1.54) is 0 Å². The van der Waals surface area contributed by atoms with Crippen LogP contribution in [0.1, 0.15) is 11.3 Å². The molecule has 0 atom stereocenters. The van der Waals surface area contributed by atoms with Crippen LogP contribution in [0.25, 0.3) is 32.8 Å². The van der Waals surface area contributed by atoms with E-state index < -0.39 is 5.97 Å². The zero-order valence-electron chi connectivity index (χ0n) is 20.2. The lowest BCUT2D eigenvalue weighted by molar-refractivity contribution is -0.136. The van der Waals surface area contributed by atoms with Gasteiger partial charge in [0.25, 0.3) is 0 Å². The first-order valence-electron chi connectivity index (χ1n) is 12.3. The lowest BCUT2D eigenvalue weighted by Crippen LogP contribution is -2.44. The summed E-state index contributed by atoms with van der Waals surface area (Å²) in [6.07, 6.45) is 1.64. The average Bonchev–Trinajstić information content (AvgIpc) is 3.21. The summed E-state index contributed by atoms with van der Waals surface area (Å²) in [5.74, 6) is 0.709. The second-order valence-electron chi connectivity index (χ2n) is 9.45. The van der Waals surface area contributed by atoms with E-state index in [9.17, 15) is 9.90 Å². The fourth-order valence-electron chi connectivity index (χ4n) is 4.96. The van der Waals surface area contributed by atoms with E-state index in [1.807, 2.05) is 47.1 Å². The number of pyridine rings is 1. The molecule has 1 fully saturated rings. The monoisotopic (exact) mass is 493 g/mol. The molecule has 37 heavy (non-hydrogen) atoms. The van der Waals surface area contributed by atoms with Gasteiger partial charge in [-0.3, -0.25) is 9.48 Å². The Balaban J connectivity index is 1.42. The van der Waals surface area contributed by atoms with Gasteiger partial charge in [-0.05, 0) is 40.8 Å². The van der Waals surface area contributed by atoms with Crippen molar-refractivity contribution in [2.45, 2.75) is 19.6 Å². The number of anilines is 1. The molecule has 0 saturated carbocycles. The number of nitrogens with one attached hydrogen (secondary N) is 1. The number of ether oxygens (including phenoxy) is 1. The summed E-state index contributed by atoms with van der Waals surface area (Å²) in [4.78, 5) is 15.6. The molecule has 3 heterocycles. The number of rotatable bonds is 8.